The third kappa shape index (κ3) is 3.37. The van der Waals surface area contributed by atoms with Crippen LogP contribution in [-0.4, -0.2) is 50.0 Å². The average Bonchev–Trinajstić information content (AvgIpc) is 2.89. The SMILES string of the molecule is Cn1nc(N)c2ccc(C3CCCN(CC4(O)CCCCC4)C3)nc21. The first kappa shape index (κ1) is 16.8. The Morgan fingerprint density at radius 1 is 1.24 bits per heavy atom. The number of aromatic nitrogens is 3. The summed E-state index contributed by atoms with van der Waals surface area (Å²) >= 11 is 0. The number of aliphatic hydroxyl groups is 1. The van der Waals surface area contributed by atoms with E-state index < -0.39 is 5.60 Å². The van der Waals surface area contributed by atoms with Crippen LogP contribution in [0.5, 0.6) is 0 Å². The zero-order valence-corrected chi connectivity index (χ0v) is 15.1. The minimum absolute atomic E-state index is 0.418. The molecule has 0 amide bonds. The van der Waals surface area contributed by atoms with E-state index in [0.29, 0.717) is 11.7 Å². The summed E-state index contributed by atoms with van der Waals surface area (Å²) in [4.78, 5) is 7.30. The van der Waals surface area contributed by atoms with Crippen LogP contribution in [0, 0.1) is 0 Å². The lowest BCUT2D eigenvalue weighted by atomic mass is 9.83. The Morgan fingerprint density at radius 3 is 2.84 bits per heavy atom. The fraction of sp³-hybridized carbons (Fsp3) is 0.684. The second-order valence-electron chi connectivity index (χ2n) is 7.98. The molecular weight excluding hydrogens is 314 g/mol. The molecule has 3 heterocycles. The van der Waals surface area contributed by atoms with Crippen LogP contribution >= 0.6 is 0 Å². The van der Waals surface area contributed by atoms with Crippen molar-refractivity contribution < 1.29 is 5.11 Å². The van der Waals surface area contributed by atoms with Gasteiger partial charge in [-0.2, -0.15) is 5.10 Å². The van der Waals surface area contributed by atoms with Gasteiger partial charge in [-0.25, -0.2) is 9.67 Å². The van der Waals surface area contributed by atoms with Crippen LogP contribution in [0.3, 0.4) is 0 Å². The maximum absolute atomic E-state index is 10.9. The van der Waals surface area contributed by atoms with Gasteiger partial charge in [0.1, 0.15) is 0 Å². The third-order valence-electron chi connectivity index (χ3n) is 5.96. The number of β-amino-alcohol motifs (C(OH)–C–C–N with tert-alkyl or cyclic N) is 1. The molecule has 1 atom stereocenters. The molecule has 2 aromatic rings. The molecule has 6 heteroatoms. The summed E-state index contributed by atoms with van der Waals surface area (Å²) < 4.78 is 1.76. The van der Waals surface area contributed by atoms with Gasteiger partial charge in [0.2, 0.25) is 0 Å². The number of piperidine rings is 1. The van der Waals surface area contributed by atoms with E-state index in [4.69, 9.17) is 10.7 Å². The number of rotatable bonds is 3. The summed E-state index contributed by atoms with van der Waals surface area (Å²) in [6.07, 6.45) is 7.80. The van der Waals surface area contributed by atoms with Crippen LogP contribution in [-0.2, 0) is 7.05 Å². The third-order valence-corrected chi connectivity index (χ3v) is 5.96. The summed E-state index contributed by atoms with van der Waals surface area (Å²) in [5, 5.41) is 16.1. The number of nitrogen functional groups attached to an aromatic ring is 1. The van der Waals surface area contributed by atoms with Crippen molar-refractivity contribution in [3.05, 3.63) is 17.8 Å². The molecule has 1 aliphatic carbocycles. The van der Waals surface area contributed by atoms with Gasteiger partial charge in [-0.05, 0) is 44.4 Å². The molecule has 136 valence electrons. The Morgan fingerprint density at radius 2 is 2.04 bits per heavy atom. The monoisotopic (exact) mass is 343 g/mol. The van der Waals surface area contributed by atoms with Crippen LogP contribution in [0.4, 0.5) is 5.82 Å². The first-order chi connectivity index (χ1) is 12.0. The summed E-state index contributed by atoms with van der Waals surface area (Å²) in [6.45, 7) is 2.87. The molecule has 1 saturated heterocycles. The topological polar surface area (TPSA) is 80.2 Å². The van der Waals surface area contributed by atoms with Crippen molar-refractivity contribution in [3.8, 4) is 0 Å². The molecule has 25 heavy (non-hydrogen) atoms. The van der Waals surface area contributed by atoms with Crippen LogP contribution in [0.2, 0.25) is 0 Å². The predicted octanol–water partition coefficient (Wildman–Crippen LogP) is 2.43. The highest BCUT2D eigenvalue weighted by Crippen LogP contribution is 2.32. The highest BCUT2D eigenvalue weighted by molar-refractivity contribution is 5.86. The van der Waals surface area contributed by atoms with Gasteiger partial charge in [0, 0.05) is 31.7 Å². The number of hydrogen-bond acceptors (Lipinski definition) is 5. The lowest BCUT2D eigenvalue weighted by molar-refractivity contribution is -0.0314. The standard InChI is InChI=1S/C19H29N5O/c1-23-18-15(17(20)22-23)7-8-16(21-18)14-6-5-11-24(12-14)13-19(25)9-3-2-4-10-19/h7-8,14,25H,2-6,9-13H2,1H3,(H2,20,22). The van der Waals surface area contributed by atoms with Crippen molar-refractivity contribution in [3.63, 3.8) is 0 Å². The molecule has 1 aliphatic heterocycles. The Bertz CT molecular complexity index is 750. The van der Waals surface area contributed by atoms with Gasteiger partial charge in [-0.3, -0.25) is 4.90 Å². The van der Waals surface area contributed by atoms with Crippen molar-refractivity contribution >= 4 is 16.9 Å². The molecule has 0 spiro atoms. The van der Waals surface area contributed by atoms with Gasteiger partial charge in [0.25, 0.3) is 0 Å². The summed E-state index contributed by atoms with van der Waals surface area (Å²) in [6, 6.07) is 4.15. The first-order valence-corrected chi connectivity index (χ1v) is 9.58. The molecule has 1 saturated carbocycles. The van der Waals surface area contributed by atoms with Gasteiger partial charge in [-0.15, -0.1) is 0 Å². The Hall–Kier alpha value is -1.66. The maximum Gasteiger partial charge on any atom is 0.159 e. The molecule has 0 bridgehead atoms. The molecule has 6 nitrogen and oxygen atoms in total. The first-order valence-electron chi connectivity index (χ1n) is 9.58. The highest BCUT2D eigenvalue weighted by Gasteiger charge is 2.33. The average molecular weight is 343 g/mol. The maximum atomic E-state index is 10.9. The van der Waals surface area contributed by atoms with E-state index in [2.05, 4.69) is 16.1 Å². The number of nitrogens with two attached hydrogens (primary N) is 1. The van der Waals surface area contributed by atoms with Crippen LogP contribution in [0.15, 0.2) is 12.1 Å². The van der Waals surface area contributed by atoms with E-state index in [-0.39, 0.29) is 0 Å². The zero-order chi connectivity index (χ0) is 17.4. The van der Waals surface area contributed by atoms with Crippen molar-refractivity contribution in [2.45, 2.75) is 56.5 Å². The van der Waals surface area contributed by atoms with E-state index >= 15 is 0 Å². The number of anilines is 1. The summed E-state index contributed by atoms with van der Waals surface area (Å²) in [5.41, 5.74) is 7.44. The van der Waals surface area contributed by atoms with Gasteiger partial charge in [0.05, 0.1) is 11.0 Å². The smallest absolute Gasteiger partial charge is 0.159 e. The van der Waals surface area contributed by atoms with Gasteiger partial charge in [0.15, 0.2) is 11.5 Å². The number of fused-ring (bicyclic) bond motifs is 1. The van der Waals surface area contributed by atoms with Crippen molar-refractivity contribution in [2.75, 3.05) is 25.4 Å². The minimum Gasteiger partial charge on any atom is -0.389 e. The molecule has 0 radical (unpaired) electrons. The van der Waals surface area contributed by atoms with Gasteiger partial charge in [-0.1, -0.05) is 19.3 Å². The molecule has 4 rings (SSSR count). The molecule has 2 fully saturated rings. The lowest BCUT2D eigenvalue weighted by Gasteiger charge is -2.40. The quantitative estimate of drug-likeness (QED) is 0.895. The second kappa shape index (κ2) is 6.57. The number of aryl methyl sites for hydroxylation is 1. The van der Waals surface area contributed by atoms with Crippen molar-refractivity contribution in [1.82, 2.24) is 19.7 Å². The van der Waals surface area contributed by atoms with Crippen molar-refractivity contribution in [2.24, 2.45) is 7.05 Å². The molecule has 0 aromatic carbocycles. The summed E-state index contributed by atoms with van der Waals surface area (Å²) in [7, 11) is 1.89. The largest absolute Gasteiger partial charge is 0.389 e. The molecule has 3 N–H and O–H groups in total. The number of hydrogen-bond donors (Lipinski definition) is 2. The van der Waals surface area contributed by atoms with E-state index in [1.807, 2.05) is 13.1 Å². The molecule has 2 aromatic heterocycles. The van der Waals surface area contributed by atoms with Crippen LogP contribution in [0.1, 0.15) is 56.6 Å². The molecular formula is C19H29N5O. The van der Waals surface area contributed by atoms with E-state index in [9.17, 15) is 5.11 Å². The molecule has 2 aliphatic rings. The van der Waals surface area contributed by atoms with E-state index in [0.717, 1.165) is 74.9 Å². The second-order valence-corrected chi connectivity index (χ2v) is 7.98. The van der Waals surface area contributed by atoms with Gasteiger partial charge < -0.3 is 10.8 Å². The minimum atomic E-state index is -0.478. The van der Waals surface area contributed by atoms with Crippen molar-refractivity contribution in [1.29, 1.82) is 0 Å². The van der Waals surface area contributed by atoms with E-state index in [1.54, 1.807) is 4.68 Å². The number of likely N-dealkylation sites (tertiary alicyclic amines) is 1. The molecule has 1 unspecified atom stereocenters. The van der Waals surface area contributed by atoms with Crippen LogP contribution in [0.25, 0.3) is 11.0 Å². The lowest BCUT2D eigenvalue weighted by Crippen LogP contribution is -2.47. The van der Waals surface area contributed by atoms with Gasteiger partial charge >= 0.3 is 0 Å². The Balaban J connectivity index is 1.50. The zero-order valence-electron chi connectivity index (χ0n) is 15.1. The number of pyridine rings is 1. The Kier molecular flexibility index (Phi) is 4.41. The number of nitrogens with zero attached hydrogens (tertiary/aromatic N) is 4. The normalized spacial score (nSPS) is 24.6. The van der Waals surface area contributed by atoms with Crippen LogP contribution < -0.4 is 5.73 Å². The Labute approximate surface area is 149 Å². The summed E-state index contributed by atoms with van der Waals surface area (Å²) in [5.74, 6) is 0.961. The fourth-order valence-electron chi connectivity index (χ4n) is 4.62. The van der Waals surface area contributed by atoms with E-state index in [1.165, 1.54) is 6.42 Å². The highest BCUT2D eigenvalue weighted by atomic mass is 16.3. The predicted molar refractivity (Wildman–Crippen MR) is 99.4 cm³/mol. The fourth-order valence-corrected chi connectivity index (χ4v) is 4.62.